The van der Waals surface area contributed by atoms with E-state index in [-0.39, 0.29) is 68.6 Å². The minimum absolute atomic E-state index is 0. The average molecular weight is 296 g/mol. The topological polar surface area (TPSA) is 97.7 Å². The van der Waals surface area contributed by atoms with Gasteiger partial charge in [-0.05, 0) is 6.92 Å². The predicted octanol–water partition coefficient (Wildman–Crippen LogP) is 3.47. The Morgan fingerprint density at radius 1 is 0.950 bits per heavy atom. The van der Waals surface area contributed by atoms with Gasteiger partial charge in [-0.15, -0.1) is 0 Å². The number of carboxylic acid groups (broad SMARTS) is 1. The molecule has 0 bridgehead atoms. The monoisotopic (exact) mass is 296 g/mol. The first-order valence-corrected chi connectivity index (χ1v) is 4.36. The summed E-state index contributed by atoms with van der Waals surface area (Å²) in [7, 11) is 0. The van der Waals surface area contributed by atoms with Gasteiger partial charge in [0.2, 0.25) is 0 Å². The number of carbonyl (C=O) groups excluding carboxylic acids is 3. The maximum atomic E-state index is 10.1. The number of aliphatic carboxylic acids is 1. The molecule has 0 aromatic heterocycles. The summed E-state index contributed by atoms with van der Waals surface area (Å²) in [5, 5.41) is 8.01. The van der Waals surface area contributed by atoms with Crippen molar-refractivity contribution in [2.45, 2.75) is 69.7 Å². The summed E-state index contributed by atoms with van der Waals surface area (Å²) in [6.45, 7) is 1.38. The van der Waals surface area contributed by atoms with Crippen molar-refractivity contribution in [3.05, 3.63) is 0 Å². The second-order valence-electron chi connectivity index (χ2n) is 2.94. The SMILES string of the molecule is C.C.C.C.C.CC(=O)CCC(=O)O.O=C1CCC(=O)O1. The molecule has 0 spiro atoms. The molecule has 0 saturated carbocycles. The molecule has 0 unspecified atom stereocenters. The van der Waals surface area contributed by atoms with Crippen molar-refractivity contribution in [2.24, 2.45) is 0 Å². The molecule has 0 aliphatic carbocycles. The average Bonchev–Trinajstić information content (AvgIpc) is 2.47. The van der Waals surface area contributed by atoms with E-state index in [9.17, 15) is 19.2 Å². The highest BCUT2D eigenvalue weighted by Crippen LogP contribution is 2.03. The van der Waals surface area contributed by atoms with E-state index in [0.29, 0.717) is 0 Å². The molecule has 6 heteroatoms. The van der Waals surface area contributed by atoms with E-state index in [1.807, 2.05) is 0 Å². The van der Waals surface area contributed by atoms with Crippen LogP contribution < -0.4 is 0 Å². The number of esters is 2. The Morgan fingerprint density at radius 3 is 1.40 bits per heavy atom. The number of cyclic esters (lactones) is 2. The van der Waals surface area contributed by atoms with Crippen molar-refractivity contribution in [1.82, 2.24) is 0 Å². The lowest BCUT2D eigenvalue weighted by Gasteiger charge is -1.86. The van der Waals surface area contributed by atoms with Crippen LogP contribution in [0, 0.1) is 0 Å². The molecule has 20 heavy (non-hydrogen) atoms. The highest BCUT2D eigenvalue weighted by Gasteiger charge is 2.19. The molecule has 1 heterocycles. The number of ether oxygens (including phenoxy) is 1. The fraction of sp³-hybridized carbons (Fsp3) is 0.714. The Morgan fingerprint density at radius 2 is 1.30 bits per heavy atom. The first kappa shape index (κ1) is 36.2. The fourth-order valence-corrected chi connectivity index (χ4v) is 0.716. The predicted molar refractivity (Wildman–Crippen MR) is 81.5 cm³/mol. The standard InChI is InChI=1S/C5H8O3.C4H4O3.5CH4/c1-4(6)2-3-5(7)8;5-3-1-2-4(6)7-3;;;;;/h2-3H2,1H3,(H,7,8);1-2H2;5*1H4. The lowest BCUT2D eigenvalue weighted by Crippen LogP contribution is -1.98. The summed E-state index contributed by atoms with van der Waals surface area (Å²) in [6, 6.07) is 0. The van der Waals surface area contributed by atoms with Gasteiger partial charge in [0.1, 0.15) is 5.78 Å². The van der Waals surface area contributed by atoms with E-state index in [4.69, 9.17) is 5.11 Å². The molecule has 1 aliphatic rings. The van der Waals surface area contributed by atoms with E-state index in [1.54, 1.807) is 0 Å². The van der Waals surface area contributed by atoms with Crippen molar-refractivity contribution >= 4 is 23.7 Å². The van der Waals surface area contributed by atoms with E-state index in [0.717, 1.165) is 0 Å². The van der Waals surface area contributed by atoms with Gasteiger partial charge in [-0.3, -0.25) is 14.4 Å². The van der Waals surface area contributed by atoms with Crippen molar-refractivity contribution in [3.8, 4) is 0 Å². The molecular formula is C14H32O6. The van der Waals surface area contributed by atoms with E-state index < -0.39 is 17.9 Å². The summed E-state index contributed by atoms with van der Waals surface area (Å²) in [5.74, 6) is -1.79. The van der Waals surface area contributed by atoms with Crippen LogP contribution >= 0.6 is 0 Å². The Labute approximate surface area is 123 Å². The Bertz CT molecular complexity index is 255. The Kier molecular flexibility index (Phi) is 35.5. The van der Waals surface area contributed by atoms with Crippen molar-refractivity contribution in [1.29, 1.82) is 0 Å². The minimum atomic E-state index is -0.916. The van der Waals surface area contributed by atoms with Crippen LogP contribution in [0.5, 0.6) is 0 Å². The first-order valence-electron chi connectivity index (χ1n) is 4.36. The van der Waals surface area contributed by atoms with Crippen LogP contribution in [-0.2, 0) is 23.9 Å². The number of Topliss-reactive ketones (excluding diaryl/α,β-unsaturated/α-hetero) is 1. The van der Waals surface area contributed by atoms with Gasteiger partial charge in [-0.25, -0.2) is 0 Å². The van der Waals surface area contributed by atoms with Crippen molar-refractivity contribution in [2.75, 3.05) is 0 Å². The highest BCUT2D eigenvalue weighted by atomic mass is 16.6. The number of rotatable bonds is 3. The van der Waals surface area contributed by atoms with Crippen LogP contribution in [0.15, 0.2) is 0 Å². The molecule has 1 saturated heterocycles. The number of hydrogen-bond acceptors (Lipinski definition) is 5. The van der Waals surface area contributed by atoms with E-state index in [2.05, 4.69) is 4.74 Å². The zero-order chi connectivity index (χ0) is 11.8. The maximum Gasteiger partial charge on any atom is 0.314 e. The molecule has 1 N–H and O–H groups in total. The summed E-state index contributed by atoms with van der Waals surface area (Å²) in [5.41, 5.74) is 0. The van der Waals surface area contributed by atoms with E-state index >= 15 is 0 Å². The molecule has 6 nitrogen and oxygen atoms in total. The first-order chi connectivity index (χ1) is 6.91. The van der Waals surface area contributed by atoms with Gasteiger partial charge in [-0.2, -0.15) is 0 Å². The lowest BCUT2D eigenvalue weighted by atomic mass is 10.2. The molecule has 0 aromatic rings. The lowest BCUT2D eigenvalue weighted by molar-refractivity contribution is -0.152. The summed E-state index contributed by atoms with van der Waals surface area (Å²) in [6.07, 6.45) is 0.627. The zero-order valence-corrected chi connectivity index (χ0v) is 8.32. The quantitative estimate of drug-likeness (QED) is 0.632. The molecule has 124 valence electrons. The molecule has 0 aromatic carbocycles. The second-order valence-corrected chi connectivity index (χ2v) is 2.94. The van der Waals surface area contributed by atoms with Crippen LogP contribution in [0.1, 0.15) is 69.7 Å². The van der Waals surface area contributed by atoms with Crippen LogP contribution in [0.2, 0.25) is 0 Å². The Hall–Kier alpha value is -1.72. The molecule has 1 rings (SSSR count). The third-order valence-corrected chi connectivity index (χ3v) is 1.45. The largest absolute Gasteiger partial charge is 0.481 e. The molecule has 0 atom stereocenters. The number of hydrogen-bond donors (Lipinski definition) is 1. The number of ketones is 1. The third kappa shape index (κ3) is 25.2. The Balaban J connectivity index is -0.0000000393. The molecular weight excluding hydrogens is 264 g/mol. The van der Waals surface area contributed by atoms with Crippen molar-refractivity contribution < 1.29 is 29.0 Å². The zero-order valence-electron chi connectivity index (χ0n) is 8.32. The number of carbonyl (C=O) groups is 4. The van der Waals surface area contributed by atoms with Gasteiger partial charge < -0.3 is 14.6 Å². The minimum Gasteiger partial charge on any atom is -0.481 e. The van der Waals surface area contributed by atoms with Crippen LogP contribution in [-0.4, -0.2) is 28.8 Å². The van der Waals surface area contributed by atoms with Gasteiger partial charge in [0, 0.05) is 6.42 Å². The molecule has 0 radical (unpaired) electrons. The summed E-state index contributed by atoms with van der Waals surface area (Å²) >= 11 is 0. The van der Waals surface area contributed by atoms with Crippen LogP contribution in [0.25, 0.3) is 0 Å². The van der Waals surface area contributed by atoms with Gasteiger partial charge in [-0.1, -0.05) is 37.1 Å². The smallest absolute Gasteiger partial charge is 0.314 e. The van der Waals surface area contributed by atoms with Gasteiger partial charge in [0.05, 0.1) is 19.3 Å². The van der Waals surface area contributed by atoms with Crippen LogP contribution in [0.4, 0.5) is 0 Å². The van der Waals surface area contributed by atoms with Crippen LogP contribution in [0.3, 0.4) is 0 Å². The van der Waals surface area contributed by atoms with Gasteiger partial charge in [0.25, 0.3) is 0 Å². The second kappa shape index (κ2) is 19.6. The summed E-state index contributed by atoms with van der Waals surface area (Å²) in [4.78, 5) is 39.9. The molecule has 1 fully saturated rings. The highest BCUT2D eigenvalue weighted by molar-refractivity contribution is 5.92. The van der Waals surface area contributed by atoms with Crippen molar-refractivity contribution in [3.63, 3.8) is 0 Å². The molecule has 1 aliphatic heterocycles. The van der Waals surface area contributed by atoms with Gasteiger partial charge >= 0.3 is 17.9 Å². The number of carboxylic acids is 1. The maximum absolute atomic E-state index is 10.1. The summed E-state index contributed by atoms with van der Waals surface area (Å²) < 4.78 is 4.08. The third-order valence-electron chi connectivity index (χ3n) is 1.45. The van der Waals surface area contributed by atoms with Gasteiger partial charge in [0.15, 0.2) is 0 Å². The molecule has 0 amide bonds. The fourth-order valence-electron chi connectivity index (χ4n) is 0.716. The van der Waals surface area contributed by atoms with E-state index in [1.165, 1.54) is 6.92 Å². The normalized spacial score (nSPS) is 10.4.